The molecule has 1 amide bonds. The minimum absolute atomic E-state index is 0.212. The molecule has 0 bridgehead atoms. The van der Waals surface area contributed by atoms with Crippen LogP contribution in [0.5, 0.6) is 0 Å². The predicted molar refractivity (Wildman–Crippen MR) is 96.9 cm³/mol. The van der Waals surface area contributed by atoms with E-state index in [9.17, 15) is 13.2 Å². The Kier molecular flexibility index (Phi) is 4.99. The van der Waals surface area contributed by atoms with Gasteiger partial charge in [0, 0.05) is 12.6 Å². The Morgan fingerprint density at radius 1 is 0.917 bits per heavy atom. The monoisotopic (exact) mass is 346 g/mol. The standard InChI is InChI=1S/C18H22N2O3S/c1-11-9-12(2)14(4)18(13(11)3)24(22,23)20-17-8-6-7-16(10-17)19-15(5)21/h6-10,20H,1-5H3,(H,19,21). The first-order chi connectivity index (χ1) is 11.1. The zero-order chi connectivity index (χ0) is 18.1. The van der Waals surface area contributed by atoms with Gasteiger partial charge in [0.2, 0.25) is 5.91 Å². The summed E-state index contributed by atoms with van der Waals surface area (Å²) >= 11 is 0. The number of hydrogen-bond acceptors (Lipinski definition) is 3. The molecule has 2 rings (SSSR count). The van der Waals surface area contributed by atoms with Crippen molar-refractivity contribution >= 4 is 27.3 Å². The molecule has 6 heteroatoms. The van der Waals surface area contributed by atoms with Gasteiger partial charge >= 0.3 is 0 Å². The van der Waals surface area contributed by atoms with Gasteiger partial charge in [0.15, 0.2) is 0 Å². The number of anilines is 2. The van der Waals surface area contributed by atoms with E-state index in [-0.39, 0.29) is 5.91 Å². The summed E-state index contributed by atoms with van der Waals surface area (Å²) in [6.45, 7) is 8.82. The molecule has 0 aliphatic carbocycles. The summed E-state index contributed by atoms with van der Waals surface area (Å²) in [6.07, 6.45) is 0. The SMILES string of the molecule is CC(=O)Nc1cccc(NS(=O)(=O)c2c(C)c(C)cc(C)c2C)c1. The molecule has 2 N–H and O–H groups in total. The lowest BCUT2D eigenvalue weighted by Gasteiger charge is -2.17. The number of hydrogen-bond donors (Lipinski definition) is 2. The number of sulfonamides is 1. The van der Waals surface area contributed by atoms with Gasteiger partial charge in [-0.2, -0.15) is 0 Å². The third kappa shape index (κ3) is 3.76. The maximum absolute atomic E-state index is 12.9. The van der Waals surface area contributed by atoms with E-state index in [2.05, 4.69) is 10.0 Å². The zero-order valence-electron chi connectivity index (χ0n) is 14.5. The molecule has 24 heavy (non-hydrogen) atoms. The van der Waals surface area contributed by atoms with Crippen LogP contribution in [0.1, 0.15) is 29.2 Å². The molecule has 0 heterocycles. The van der Waals surface area contributed by atoms with Crippen LogP contribution in [0.15, 0.2) is 35.2 Å². The Labute approximate surface area is 143 Å². The Bertz CT molecular complexity index is 876. The molecule has 0 atom stereocenters. The van der Waals surface area contributed by atoms with E-state index in [4.69, 9.17) is 0 Å². The number of carbonyl (C=O) groups excluding carboxylic acids is 1. The molecule has 0 radical (unpaired) electrons. The first kappa shape index (κ1) is 18.0. The van der Waals surface area contributed by atoms with Crippen molar-refractivity contribution in [3.8, 4) is 0 Å². The van der Waals surface area contributed by atoms with Crippen molar-refractivity contribution in [2.75, 3.05) is 10.0 Å². The van der Waals surface area contributed by atoms with E-state index in [1.54, 1.807) is 24.3 Å². The highest BCUT2D eigenvalue weighted by Gasteiger charge is 2.22. The summed E-state index contributed by atoms with van der Waals surface area (Å²) in [4.78, 5) is 11.5. The first-order valence-electron chi connectivity index (χ1n) is 7.59. The van der Waals surface area contributed by atoms with Gasteiger partial charge < -0.3 is 5.32 Å². The van der Waals surface area contributed by atoms with Gasteiger partial charge in [0.25, 0.3) is 10.0 Å². The fourth-order valence-electron chi connectivity index (χ4n) is 2.65. The molecular formula is C18H22N2O3S. The lowest BCUT2D eigenvalue weighted by Crippen LogP contribution is -2.17. The summed E-state index contributed by atoms with van der Waals surface area (Å²) in [5.41, 5.74) is 4.29. The summed E-state index contributed by atoms with van der Waals surface area (Å²) in [6, 6.07) is 8.61. The zero-order valence-corrected chi connectivity index (χ0v) is 15.3. The molecule has 2 aromatic rings. The van der Waals surface area contributed by atoms with E-state index in [0.717, 1.165) is 22.3 Å². The molecule has 0 aliphatic heterocycles. The normalized spacial score (nSPS) is 11.2. The van der Waals surface area contributed by atoms with Crippen LogP contribution in [0, 0.1) is 27.7 Å². The van der Waals surface area contributed by atoms with Crippen LogP contribution in [0.25, 0.3) is 0 Å². The van der Waals surface area contributed by atoms with E-state index in [1.807, 2.05) is 33.8 Å². The summed E-state index contributed by atoms with van der Waals surface area (Å²) < 4.78 is 28.4. The van der Waals surface area contributed by atoms with Gasteiger partial charge in [0.1, 0.15) is 0 Å². The molecule has 0 aromatic heterocycles. The summed E-state index contributed by atoms with van der Waals surface area (Å²) in [5.74, 6) is -0.212. The van der Waals surface area contributed by atoms with Crippen LogP contribution >= 0.6 is 0 Å². The molecule has 128 valence electrons. The van der Waals surface area contributed by atoms with Crippen molar-refractivity contribution in [2.24, 2.45) is 0 Å². The van der Waals surface area contributed by atoms with Crippen LogP contribution in [-0.4, -0.2) is 14.3 Å². The largest absolute Gasteiger partial charge is 0.326 e. The summed E-state index contributed by atoms with van der Waals surface area (Å²) in [7, 11) is -3.73. The lowest BCUT2D eigenvalue weighted by molar-refractivity contribution is -0.114. The van der Waals surface area contributed by atoms with Crippen LogP contribution in [0.2, 0.25) is 0 Å². The van der Waals surface area contributed by atoms with Gasteiger partial charge in [-0.3, -0.25) is 9.52 Å². The average Bonchev–Trinajstić information content (AvgIpc) is 2.44. The van der Waals surface area contributed by atoms with Gasteiger partial charge in [-0.25, -0.2) is 8.42 Å². The maximum Gasteiger partial charge on any atom is 0.262 e. The van der Waals surface area contributed by atoms with Crippen molar-refractivity contribution in [3.05, 3.63) is 52.6 Å². The number of aryl methyl sites for hydroxylation is 2. The number of rotatable bonds is 4. The van der Waals surface area contributed by atoms with Crippen LogP contribution in [0.4, 0.5) is 11.4 Å². The van der Waals surface area contributed by atoms with Crippen molar-refractivity contribution in [1.82, 2.24) is 0 Å². The molecule has 0 saturated heterocycles. The topological polar surface area (TPSA) is 75.3 Å². The molecule has 2 aromatic carbocycles. The quantitative estimate of drug-likeness (QED) is 0.887. The molecule has 0 aliphatic rings. The van der Waals surface area contributed by atoms with Crippen molar-refractivity contribution in [2.45, 2.75) is 39.5 Å². The van der Waals surface area contributed by atoms with Gasteiger partial charge in [0.05, 0.1) is 10.6 Å². The Hall–Kier alpha value is -2.34. The molecule has 0 spiro atoms. The minimum Gasteiger partial charge on any atom is -0.326 e. The van der Waals surface area contributed by atoms with E-state index in [0.29, 0.717) is 16.3 Å². The van der Waals surface area contributed by atoms with Crippen LogP contribution < -0.4 is 10.0 Å². The smallest absolute Gasteiger partial charge is 0.262 e. The average molecular weight is 346 g/mol. The highest BCUT2D eigenvalue weighted by atomic mass is 32.2. The molecule has 0 saturated carbocycles. The third-order valence-electron chi connectivity index (χ3n) is 4.00. The van der Waals surface area contributed by atoms with E-state index < -0.39 is 10.0 Å². The third-order valence-corrected chi connectivity index (χ3v) is 5.66. The fraction of sp³-hybridized carbons (Fsp3) is 0.278. The van der Waals surface area contributed by atoms with E-state index in [1.165, 1.54) is 6.92 Å². The molecule has 0 unspecified atom stereocenters. The Morgan fingerprint density at radius 2 is 1.46 bits per heavy atom. The van der Waals surface area contributed by atoms with Gasteiger partial charge in [-0.15, -0.1) is 0 Å². The predicted octanol–water partition coefficient (Wildman–Crippen LogP) is 3.68. The Morgan fingerprint density at radius 3 is 2.00 bits per heavy atom. The highest BCUT2D eigenvalue weighted by molar-refractivity contribution is 7.92. The highest BCUT2D eigenvalue weighted by Crippen LogP contribution is 2.28. The second-order valence-corrected chi connectivity index (χ2v) is 7.58. The minimum atomic E-state index is -3.73. The van der Waals surface area contributed by atoms with Crippen molar-refractivity contribution in [1.29, 1.82) is 0 Å². The number of amides is 1. The molecular weight excluding hydrogens is 324 g/mol. The second-order valence-electron chi connectivity index (χ2n) is 5.96. The van der Waals surface area contributed by atoms with Crippen molar-refractivity contribution < 1.29 is 13.2 Å². The molecule has 0 fully saturated rings. The van der Waals surface area contributed by atoms with Gasteiger partial charge in [-0.1, -0.05) is 12.1 Å². The molecule has 5 nitrogen and oxygen atoms in total. The maximum atomic E-state index is 12.9. The Balaban J connectivity index is 2.45. The number of benzene rings is 2. The van der Waals surface area contributed by atoms with Crippen molar-refractivity contribution in [3.63, 3.8) is 0 Å². The van der Waals surface area contributed by atoms with Crippen LogP contribution in [-0.2, 0) is 14.8 Å². The first-order valence-corrected chi connectivity index (χ1v) is 9.08. The second kappa shape index (κ2) is 6.65. The lowest BCUT2D eigenvalue weighted by atomic mass is 10.0. The van der Waals surface area contributed by atoms with Gasteiger partial charge in [-0.05, 0) is 68.1 Å². The number of carbonyl (C=O) groups is 1. The number of nitrogens with one attached hydrogen (secondary N) is 2. The summed E-state index contributed by atoms with van der Waals surface area (Å²) in [5, 5.41) is 2.64. The fourth-order valence-corrected chi connectivity index (χ4v) is 4.32. The van der Waals surface area contributed by atoms with Crippen LogP contribution in [0.3, 0.4) is 0 Å². The van der Waals surface area contributed by atoms with E-state index >= 15 is 0 Å².